The van der Waals surface area contributed by atoms with E-state index in [2.05, 4.69) is 13.8 Å². The summed E-state index contributed by atoms with van der Waals surface area (Å²) < 4.78 is 0. The minimum absolute atomic E-state index is 0.331. The van der Waals surface area contributed by atoms with Gasteiger partial charge in [0, 0.05) is 5.56 Å². The van der Waals surface area contributed by atoms with Crippen LogP contribution in [-0.2, 0) is 4.79 Å². The highest BCUT2D eigenvalue weighted by Gasteiger charge is 2.18. The molecular weight excluding hydrogens is 218 g/mol. The number of carbonyl (C=O) groups excluding carboxylic acids is 1. The van der Waals surface area contributed by atoms with Crippen molar-refractivity contribution in [3.05, 3.63) is 35.4 Å². The van der Waals surface area contributed by atoms with Crippen LogP contribution in [0.4, 0.5) is 0 Å². The lowest BCUT2D eigenvalue weighted by molar-refractivity contribution is -0.137. The van der Waals surface area contributed by atoms with Crippen LogP contribution in [0.2, 0.25) is 0 Å². The Morgan fingerprint density at radius 3 is 2.18 bits per heavy atom. The van der Waals surface area contributed by atoms with Crippen LogP contribution in [0.5, 0.6) is 0 Å². The average Bonchev–Trinajstić information content (AvgIpc) is 2.27. The fourth-order valence-corrected chi connectivity index (χ4v) is 1.53. The molecule has 0 bridgehead atoms. The Bertz CT molecular complexity index is 409. The Labute approximate surface area is 100 Å². The lowest BCUT2D eigenvalue weighted by Crippen LogP contribution is -2.32. The molecule has 0 amide bonds. The summed E-state index contributed by atoms with van der Waals surface area (Å²) in [5.41, 5.74) is 7.11. The molecule has 4 heteroatoms. The van der Waals surface area contributed by atoms with E-state index < -0.39 is 12.0 Å². The number of ketones is 1. The molecule has 1 atom stereocenters. The number of carboxylic acids is 1. The predicted molar refractivity (Wildman–Crippen MR) is 65.1 cm³/mol. The van der Waals surface area contributed by atoms with E-state index in [4.69, 9.17) is 10.8 Å². The first-order valence-electron chi connectivity index (χ1n) is 5.53. The first-order valence-corrected chi connectivity index (χ1v) is 5.53. The highest BCUT2D eigenvalue weighted by atomic mass is 16.4. The molecule has 1 rings (SSSR count). The van der Waals surface area contributed by atoms with Gasteiger partial charge in [-0.05, 0) is 11.5 Å². The van der Waals surface area contributed by atoms with Gasteiger partial charge in [-0.2, -0.15) is 0 Å². The summed E-state index contributed by atoms with van der Waals surface area (Å²) in [5, 5.41) is 8.56. The molecule has 1 unspecified atom stereocenters. The number of rotatable bonds is 5. The van der Waals surface area contributed by atoms with Crippen LogP contribution in [-0.4, -0.2) is 22.9 Å². The zero-order chi connectivity index (χ0) is 13.0. The first kappa shape index (κ1) is 13.4. The van der Waals surface area contributed by atoms with Gasteiger partial charge < -0.3 is 10.8 Å². The molecule has 0 aliphatic heterocycles. The largest absolute Gasteiger partial charge is 0.481 e. The van der Waals surface area contributed by atoms with Crippen LogP contribution >= 0.6 is 0 Å². The number of aliphatic carboxylic acids is 1. The van der Waals surface area contributed by atoms with Crippen molar-refractivity contribution in [2.75, 3.05) is 0 Å². The molecule has 1 aromatic rings. The van der Waals surface area contributed by atoms with Gasteiger partial charge in [0.1, 0.15) is 0 Å². The Morgan fingerprint density at radius 1 is 1.24 bits per heavy atom. The second kappa shape index (κ2) is 5.59. The highest BCUT2D eigenvalue weighted by molar-refractivity contribution is 6.01. The van der Waals surface area contributed by atoms with Crippen molar-refractivity contribution in [2.24, 2.45) is 5.73 Å². The molecule has 1 aromatic carbocycles. The van der Waals surface area contributed by atoms with Crippen LogP contribution in [0.3, 0.4) is 0 Å². The number of nitrogens with two attached hydrogens (primary N) is 1. The number of carbonyl (C=O) groups is 2. The van der Waals surface area contributed by atoms with Crippen molar-refractivity contribution in [2.45, 2.75) is 32.2 Å². The van der Waals surface area contributed by atoms with Crippen molar-refractivity contribution in [1.82, 2.24) is 0 Å². The number of hydrogen-bond acceptors (Lipinski definition) is 3. The summed E-state index contributed by atoms with van der Waals surface area (Å²) >= 11 is 0. The molecule has 4 nitrogen and oxygen atoms in total. The molecule has 0 saturated heterocycles. The fraction of sp³-hybridized carbons (Fsp3) is 0.385. The predicted octanol–water partition coefficient (Wildman–Crippen LogP) is 1.79. The zero-order valence-electron chi connectivity index (χ0n) is 10.0. The Morgan fingerprint density at radius 2 is 1.76 bits per heavy atom. The molecule has 92 valence electrons. The van der Waals surface area contributed by atoms with Crippen LogP contribution in [0.1, 0.15) is 42.1 Å². The second-order valence-electron chi connectivity index (χ2n) is 4.35. The van der Waals surface area contributed by atoms with Crippen LogP contribution in [0, 0.1) is 0 Å². The van der Waals surface area contributed by atoms with Gasteiger partial charge in [0.05, 0.1) is 12.5 Å². The third-order valence-corrected chi connectivity index (χ3v) is 2.59. The SMILES string of the molecule is CC(C)c1ccc(C(=O)C(N)CC(=O)O)cc1. The minimum atomic E-state index is -1.07. The molecule has 0 spiro atoms. The quantitative estimate of drug-likeness (QED) is 0.762. The van der Waals surface area contributed by atoms with E-state index in [1.807, 2.05) is 12.1 Å². The van der Waals surface area contributed by atoms with Gasteiger partial charge in [-0.25, -0.2) is 0 Å². The highest BCUT2D eigenvalue weighted by Crippen LogP contribution is 2.15. The molecule has 0 heterocycles. The normalized spacial score (nSPS) is 12.5. The van der Waals surface area contributed by atoms with Gasteiger partial charge in [-0.15, -0.1) is 0 Å². The minimum Gasteiger partial charge on any atom is -0.481 e. The fourth-order valence-electron chi connectivity index (χ4n) is 1.53. The van der Waals surface area contributed by atoms with E-state index in [-0.39, 0.29) is 12.2 Å². The summed E-state index contributed by atoms with van der Waals surface area (Å²) in [6.45, 7) is 4.12. The van der Waals surface area contributed by atoms with E-state index in [0.717, 1.165) is 5.56 Å². The molecule has 0 aromatic heterocycles. The molecule has 0 saturated carbocycles. The number of Topliss-reactive ketones (excluding diaryl/α,β-unsaturated/α-hetero) is 1. The molecule has 0 aliphatic carbocycles. The summed E-state index contributed by atoms with van der Waals surface area (Å²) in [6, 6.07) is 6.15. The second-order valence-corrected chi connectivity index (χ2v) is 4.35. The molecule has 0 aliphatic rings. The van der Waals surface area contributed by atoms with Crippen molar-refractivity contribution >= 4 is 11.8 Å². The van der Waals surface area contributed by atoms with Crippen LogP contribution < -0.4 is 5.73 Å². The van der Waals surface area contributed by atoms with Crippen molar-refractivity contribution in [3.63, 3.8) is 0 Å². The topological polar surface area (TPSA) is 80.4 Å². The summed E-state index contributed by atoms with van der Waals surface area (Å²) in [7, 11) is 0. The third-order valence-electron chi connectivity index (χ3n) is 2.59. The standard InChI is InChI=1S/C13H17NO3/c1-8(2)9-3-5-10(6-4-9)13(17)11(14)7-12(15)16/h3-6,8,11H,7,14H2,1-2H3,(H,15,16). The molecule has 17 heavy (non-hydrogen) atoms. The van der Waals surface area contributed by atoms with E-state index >= 15 is 0 Å². The smallest absolute Gasteiger partial charge is 0.305 e. The number of hydrogen-bond donors (Lipinski definition) is 2. The average molecular weight is 235 g/mol. The summed E-state index contributed by atoms with van der Waals surface area (Å²) in [5.74, 6) is -1.00. The Hall–Kier alpha value is -1.68. The van der Waals surface area contributed by atoms with E-state index in [9.17, 15) is 9.59 Å². The van der Waals surface area contributed by atoms with Crippen molar-refractivity contribution in [1.29, 1.82) is 0 Å². The van der Waals surface area contributed by atoms with Gasteiger partial charge in [0.2, 0.25) is 0 Å². The zero-order valence-corrected chi connectivity index (χ0v) is 10.0. The molecular formula is C13H17NO3. The van der Waals surface area contributed by atoms with Gasteiger partial charge in [-0.1, -0.05) is 38.1 Å². The number of carboxylic acid groups (broad SMARTS) is 1. The maximum absolute atomic E-state index is 11.8. The molecule has 3 N–H and O–H groups in total. The lowest BCUT2D eigenvalue weighted by atomic mass is 9.97. The number of benzene rings is 1. The molecule has 0 fully saturated rings. The van der Waals surface area contributed by atoms with Gasteiger partial charge in [0.15, 0.2) is 5.78 Å². The molecule has 0 radical (unpaired) electrons. The van der Waals surface area contributed by atoms with Gasteiger partial charge in [0.25, 0.3) is 0 Å². The lowest BCUT2D eigenvalue weighted by Gasteiger charge is -2.09. The van der Waals surface area contributed by atoms with Crippen molar-refractivity contribution in [3.8, 4) is 0 Å². The summed E-state index contributed by atoms with van der Waals surface area (Å²) in [6.07, 6.45) is -0.342. The maximum atomic E-state index is 11.8. The third kappa shape index (κ3) is 3.67. The monoisotopic (exact) mass is 235 g/mol. The van der Waals surface area contributed by atoms with Gasteiger partial charge in [-0.3, -0.25) is 9.59 Å². The first-order chi connectivity index (χ1) is 7.91. The summed E-state index contributed by atoms with van der Waals surface area (Å²) in [4.78, 5) is 22.2. The van der Waals surface area contributed by atoms with E-state index in [0.29, 0.717) is 11.5 Å². The van der Waals surface area contributed by atoms with Crippen LogP contribution in [0.25, 0.3) is 0 Å². The van der Waals surface area contributed by atoms with Crippen LogP contribution in [0.15, 0.2) is 24.3 Å². The van der Waals surface area contributed by atoms with E-state index in [1.165, 1.54) is 0 Å². The van der Waals surface area contributed by atoms with Gasteiger partial charge >= 0.3 is 5.97 Å². The van der Waals surface area contributed by atoms with Crippen molar-refractivity contribution < 1.29 is 14.7 Å². The Kier molecular flexibility index (Phi) is 4.40. The van der Waals surface area contributed by atoms with E-state index in [1.54, 1.807) is 12.1 Å². The maximum Gasteiger partial charge on any atom is 0.305 e. The Balaban J connectivity index is 2.79.